The van der Waals surface area contributed by atoms with Gasteiger partial charge in [0, 0.05) is 76.0 Å². The van der Waals surface area contributed by atoms with Crippen molar-refractivity contribution < 1.29 is 24.1 Å². The number of fused-ring (bicyclic) bond motifs is 2. The molecule has 0 amide bonds. The van der Waals surface area contributed by atoms with Crippen molar-refractivity contribution in [3.05, 3.63) is 0 Å². The van der Waals surface area contributed by atoms with Crippen LogP contribution in [0.1, 0.15) is 39.0 Å². The van der Waals surface area contributed by atoms with E-state index in [1.54, 1.807) is 0 Å². The van der Waals surface area contributed by atoms with Crippen molar-refractivity contribution in [2.24, 2.45) is 40.4 Å². The molecule has 1 spiro atoms. The number of nitrogens with zero attached hydrogens (tertiary/aromatic N) is 1. The molecule has 0 aromatic heterocycles. The lowest BCUT2D eigenvalue weighted by molar-refractivity contribution is -0.279. The van der Waals surface area contributed by atoms with Crippen LogP contribution in [0.5, 0.6) is 0 Å². The van der Waals surface area contributed by atoms with Gasteiger partial charge in [-0.25, -0.2) is 0 Å². The largest absolute Gasteiger partial charge is 0.392 e. The van der Waals surface area contributed by atoms with Gasteiger partial charge in [0.15, 0.2) is 0 Å². The Labute approximate surface area is 186 Å². The molecular weight excluding hydrogens is 394 g/mol. The molecule has 6 heteroatoms. The molecule has 6 nitrogen and oxygen atoms in total. The van der Waals surface area contributed by atoms with Gasteiger partial charge in [0.2, 0.25) is 0 Å². The molecule has 0 aromatic rings. The molecule has 5 aliphatic carbocycles. The summed E-state index contributed by atoms with van der Waals surface area (Å²) in [6.45, 7) is 5.22. The molecule has 0 aromatic carbocycles. The first-order valence-corrected chi connectivity index (χ1v) is 12.5. The Balaban J connectivity index is 1.59. The van der Waals surface area contributed by atoms with E-state index in [1.807, 2.05) is 28.4 Å². The second-order valence-electron chi connectivity index (χ2n) is 11.6. The van der Waals surface area contributed by atoms with E-state index in [0.717, 1.165) is 51.8 Å². The molecule has 1 saturated heterocycles. The van der Waals surface area contributed by atoms with Gasteiger partial charge in [0.05, 0.1) is 30.5 Å². The van der Waals surface area contributed by atoms with Crippen LogP contribution >= 0.6 is 0 Å². The van der Waals surface area contributed by atoms with E-state index in [0.29, 0.717) is 35.6 Å². The van der Waals surface area contributed by atoms with Gasteiger partial charge >= 0.3 is 0 Å². The summed E-state index contributed by atoms with van der Waals surface area (Å²) in [4.78, 5) is 2.72. The third-order valence-corrected chi connectivity index (χ3v) is 11.5. The summed E-state index contributed by atoms with van der Waals surface area (Å²) in [5.74, 6) is 2.06. The van der Waals surface area contributed by atoms with Gasteiger partial charge in [0.25, 0.3) is 0 Å². The van der Waals surface area contributed by atoms with Gasteiger partial charge in [0.1, 0.15) is 0 Å². The highest BCUT2D eigenvalue weighted by Gasteiger charge is 2.84. The number of likely N-dealkylation sites (tertiary alicyclic amines) is 1. The molecule has 0 radical (unpaired) electrons. The molecule has 6 rings (SSSR count). The molecule has 12 atom stereocenters. The lowest BCUT2D eigenvalue weighted by Gasteiger charge is -2.69. The normalized spacial score (nSPS) is 59.2. The van der Waals surface area contributed by atoms with Crippen LogP contribution in [-0.2, 0) is 18.9 Å². The predicted octanol–water partition coefficient (Wildman–Crippen LogP) is 2.19. The van der Waals surface area contributed by atoms with Gasteiger partial charge in [-0.15, -0.1) is 0 Å². The van der Waals surface area contributed by atoms with Crippen LogP contribution in [0.2, 0.25) is 0 Å². The average molecular weight is 436 g/mol. The van der Waals surface area contributed by atoms with Crippen LogP contribution in [-0.4, -0.2) is 88.1 Å². The summed E-state index contributed by atoms with van der Waals surface area (Å²) in [6.07, 6.45) is 5.23. The number of aliphatic hydroxyl groups excluding tert-OH is 1. The fraction of sp³-hybridized carbons (Fsp3) is 1.00. The highest BCUT2D eigenvalue weighted by Crippen LogP contribution is 2.79. The first-order chi connectivity index (χ1) is 15.0. The van der Waals surface area contributed by atoms with E-state index in [9.17, 15) is 5.11 Å². The fourth-order valence-electron chi connectivity index (χ4n) is 11.0. The second-order valence-corrected chi connectivity index (χ2v) is 11.6. The van der Waals surface area contributed by atoms with Crippen LogP contribution < -0.4 is 0 Å². The maximum absolute atomic E-state index is 11.9. The number of aliphatic hydroxyl groups is 1. The third-order valence-electron chi connectivity index (χ3n) is 11.5. The summed E-state index contributed by atoms with van der Waals surface area (Å²) in [5.41, 5.74) is -0.163. The van der Waals surface area contributed by atoms with Crippen molar-refractivity contribution in [2.75, 3.05) is 48.1 Å². The zero-order chi connectivity index (χ0) is 21.8. The fourth-order valence-corrected chi connectivity index (χ4v) is 11.0. The predicted molar refractivity (Wildman–Crippen MR) is 116 cm³/mol. The van der Waals surface area contributed by atoms with Crippen LogP contribution in [0, 0.1) is 40.4 Å². The Bertz CT molecular complexity index is 735. The minimum Gasteiger partial charge on any atom is -0.392 e. The van der Waals surface area contributed by atoms with Crippen molar-refractivity contribution >= 4 is 0 Å². The Morgan fingerprint density at radius 3 is 2.52 bits per heavy atom. The lowest BCUT2D eigenvalue weighted by atomic mass is 9.43. The molecular formula is C25H41NO5. The molecule has 7 bridgehead atoms. The van der Waals surface area contributed by atoms with Gasteiger partial charge in [-0.3, -0.25) is 4.90 Å². The van der Waals surface area contributed by atoms with E-state index in [-0.39, 0.29) is 34.7 Å². The third kappa shape index (κ3) is 2.17. The quantitative estimate of drug-likeness (QED) is 0.690. The number of rotatable bonds is 6. The number of piperidine rings is 1. The van der Waals surface area contributed by atoms with Crippen molar-refractivity contribution in [2.45, 2.75) is 69.0 Å². The minimum absolute atomic E-state index is 0.0729. The lowest BCUT2D eigenvalue weighted by Crippen LogP contribution is -2.76. The molecule has 31 heavy (non-hydrogen) atoms. The smallest absolute Gasteiger partial charge is 0.0802 e. The summed E-state index contributed by atoms with van der Waals surface area (Å²) in [5, 5.41) is 11.9. The van der Waals surface area contributed by atoms with Crippen LogP contribution in [0.15, 0.2) is 0 Å². The number of hydrogen-bond acceptors (Lipinski definition) is 6. The van der Waals surface area contributed by atoms with Crippen LogP contribution in [0.25, 0.3) is 0 Å². The molecule has 6 fully saturated rings. The Kier molecular flexibility index (Phi) is 4.74. The number of ether oxygens (including phenoxy) is 4. The monoisotopic (exact) mass is 435 g/mol. The van der Waals surface area contributed by atoms with Gasteiger partial charge in [-0.05, 0) is 44.1 Å². The zero-order valence-electron chi connectivity index (χ0n) is 19.9. The zero-order valence-corrected chi connectivity index (χ0v) is 19.9. The van der Waals surface area contributed by atoms with E-state index >= 15 is 0 Å². The average Bonchev–Trinajstić information content (AvgIpc) is 3.24. The van der Waals surface area contributed by atoms with Crippen LogP contribution in [0.4, 0.5) is 0 Å². The Hall–Kier alpha value is -0.240. The summed E-state index contributed by atoms with van der Waals surface area (Å²) >= 11 is 0. The van der Waals surface area contributed by atoms with Crippen molar-refractivity contribution in [3.8, 4) is 0 Å². The SMILES string of the molecule is CCN1C[C@]2(COC)CC[C@H](O)[C@]34C1[C@H](C[C@H]23)[C@@]1(OC)C[C@H](OC)[C@H]2C[C@@H]4[C@@H]1[C@H]2OC. The van der Waals surface area contributed by atoms with E-state index < -0.39 is 0 Å². The standard InChI is InChI=1S/C25H41NO5/c1-6-26-12-23(13-28-2)8-7-19(27)25-15-9-14-17(29-3)11-24(31-5,20(15)21(14)30-4)16(22(25)26)10-18(23)25/h14-22,27H,6-13H2,1-5H3/t14-,15-,16+,17+,18-,19+,20-,21+,22?,23+,24+,25-/m1/s1. The topological polar surface area (TPSA) is 60.4 Å². The van der Waals surface area contributed by atoms with Gasteiger partial charge in [-0.1, -0.05) is 6.92 Å². The van der Waals surface area contributed by atoms with E-state index in [2.05, 4.69) is 11.8 Å². The highest BCUT2D eigenvalue weighted by molar-refractivity contribution is 5.33. The maximum atomic E-state index is 11.9. The van der Waals surface area contributed by atoms with Gasteiger partial charge < -0.3 is 24.1 Å². The number of methoxy groups -OCH3 is 4. The van der Waals surface area contributed by atoms with Gasteiger partial charge in [-0.2, -0.15) is 0 Å². The summed E-state index contributed by atoms with van der Waals surface area (Å²) in [6, 6.07) is 0.385. The molecule has 5 saturated carbocycles. The molecule has 176 valence electrons. The Morgan fingerprint density at radius 2 is 1.87 bits per heavy atom. The van der Waals surface area contributed by atoms with Crippen LogP contribution in [0.3, 0.4) is 0 Å². The summed E-state index contributed by atoms with van der Waals surface area (Å²) < 4.78 is 24.9. The second kappa shape index (κ2) is 6.89. The first-order valence-electron chi connectivity index (χ1n) is 12.5. The number of hydrogen-bond donors (Lipinski definition) is 1. The Morgan fingerprint density at radius 1 is 1.06 bits per heavy atom. The van der Waals surface area contributed by atoms with E-state index in [1.165, 1.54) is 0 Å². The van der Waals surface area contributed by atoms with Crippen molar-refractivity contribution in [1.29, 1.82) is 0 Å². The molecule has 1 N–H and O–H groups in total. The first kappa shape index (κ1) is 21.3. The molecule has 6 aliphatic rings. The summed E-state index contributed by atoms with van der Waals surface area (Å²) in [7, 11) is 7.52. The minimum atomic E-state index is -0.246. The van der Waals surface area contributed by atoms with Crippen molar-refractivity contribution in [1.82, 2.24) is 4.90 Å². The molecule has 1 heterocycles. The molecule has 1 aliphatic heterocycles. The maximum Gasteiger partial charge on any atom is 0.0802 e. The molecule has 1 unspecified atom stereocenters. The van der Waals surface area contributed by atoms with Crippen molar-refractivity contribution in [3.63, 3.8) is 0 Å². The van der Waals surface area contributed by atoms with E-state index in [4.69, 9.17) is 18.9 Å². The highest BCUT2D eigenvalue weighted by atomic mass is 16.5.